The molecule has 0 aliphatic heterocycles. The van der Waals surface area contributed by atoms with Crippen LogP contribution in [0.1, 0.15) is 0 Å². The molecule has 0 spiro atoms. The second-order valence-corrected chi connectivity index (χ2v) is 14.1. The first kappa shape index (κ1) is 29.0. The SMILES string of the molecule is c1ccc2cc(-c3nc(-c4ccc(-c5nc6ccccc6c6sc7ccccc7c56)cc4)nc(-c4cccc5c4oc4ccccc45)n3)ccc2c1. The first-order chi connectivity index (χ1) is 25.7. The van der Waals surface area contributed by atoms with Crippen molar-refractivity contribution in [3.63, 3.8) is 0 Å². The Balaban J connectivity index is 1.10. The van der Waals surface area contributed by atoms with E-state index in [0.29, 0.717) is 17.5 Å². The Bertz CT molecular complexity index is 3200. The monoisotopic (exact) mass is 682 g/mol. The number of nitrogens with zero attached hydrogens (tertiary/aromatic N) is 4. The van der Waals surface area contributed by atoms with Crippen LogP contribution in [0.15, 0.2) is 162 Å². The molecule has 242 valence electrons. The summed E-state index contributed by atoms with van der Waals surface area (Å²) in [5.41, 5.74) is 7.23. The third kappa shape index (κ3) is 4.55. The van der Waals surface area contributed by atoms with Gasteiger partial charge in [0, 0.05) is 53.0 Å². The largest absolute Gasteiger partial charge is 0.455 e. The Hall–Kier alpha value is -6.76. The van der Waals surface area contributed by atoms with Gasteiger partial charge in [-0.2, -0.15) is 0 Å². The minimum atomic E-state index is 0.560. The minimum Gasteiger partial charge on any atom is -0.455 e. The Morgan fingerprint density at radius 2 is 1.10 bits per heavy atom. The minimum absolute atomic E-state index is 0.560. The third-order valence-electron chi connectivity index (χ3n) is 9.92. The maximum Gasteiger partial charge on any atom is 0.167 e. The summed E-state index contributed by atoms with van der Waals surface area (Å²) in [5.74, 6) is 1.75. The quantitative estimate of drug-likeness (QED) is 0.185. The molecule has 0 saturated carbocycles. The molecule has 0 radical (unpaired) electrons. The van der Waals surface area contributed by atoms with Crippen LogP contribution in [-0.2, 0) is 0 Å². The summed E-state index contributed by atoms with van der Waals surface area (Å²) < 4.78 is 8.95. The highest BCUT2D eigenvalue weighted by atomic mass is 32.1. The smallest absolute Gasteiger partial charge is 0.167 e. The summed E-state index contributed by atoms with van der Waals surface area (Å²) in [6.45, 7) is 0. The molecular formula is C46H26N4OS. The van der Waals surface area contributed by atoms with Gasteiger partial charge < -0.3 is 4.42 Å². The van der Waals surface area contributed by atoms with Gasteiger partial charge in [0.1, 0.15) is 11.2 Å². The molecule has 11 aromatic rings. The number of aromatic nitrogens is 4. The number of fused-ring (bicyclic) bond motifs is 9. The molecule has 0 aliphatic carbocycles. The van der Waals surface area contributed by atoms with Crippen LogP contribution in [0.2, 0.25) is 0 Å². The van der Waals surface area contributed by atoms with Crippen LogP contribution < -0.4 is 0 Å². The number of hydrogen-bond donors (Lipinski definition) is 0. The summed E-state index contributed by atoms with van der Waals surface area (Å²) in [7, 11) is 0. The zero-order chi connectivity index (χ0) is 34.2. The van der Waals surface area contributed by atoms with Crippen LogP contribution in [0, 0.1) is 0 Å². The highest BCUT2D eigenvalue weighted by molar-refractivity contribution is 7.26. The van der Waals surface area contributed by atoms with Gasteiger partial charge >= 0.3 is 0 Å². The zero-order valence-corrected chi connectivity index (χ0v) is 28.4. The van der Waals surface area contributed by atoms with E-state index >= 15 is 0 Å². The van der Waals surface area contributed by atoms with Gasteiger partial charge in [-0.15, -0.1) is 11.3 Å². The number of furan rings is 1. The molecule has 4 heterocycles. The van der Waals surface area contributed by atoms with Crippen molar-refractivity contribution in [2.75, 3.05) is 0 Å². The van der Waals surface area contributed by atoms with E-state index in [1.54, 1.807) is 0 Å². The van der Waals surface area contributed by atoms with E-state index in [-0.39, 0.29) is 0 Å². The average Bonchev–Trinajstić information content (AvgIpc) is 3.80. The van der Waals surface area contributed by atoms with Gasteiger partial charge in [-0.05, 0) is 41.1 Å². The van der Waals surface area contributed by atoms with Crippen molar-refractivity contribution in [1.29, 1.82) is 0 Å². The van der Waals surface area contributed by atoms with Gasteiger partial charge in [0.25, 0.3) is 0 Å². The van der Waals surface area contributed by atoms with E-state index in [2.05, 4.69) is 127 Å². The first-order valence-electron chi connectivity index (χ1n) is 17.2. The maximum absolute atomic E-state index is 6.43. The molecule has 0 aliphatic rings. The van der Waals surface area contributed by atoms with Gasteiger partial charge in [0.2, 0.25) is 0 Å². The fourth-order valence-electron chi connectivity index (χ4n) is 7.40. The van der Waals surface area contributed by atoms with Crippen molar-refractivity contribution in [2.24, 2.45) is 0 Å². The molecule has 0 fully saturated rings. The molecule has 7 aromatic carbocycles. The fraction of sp³-hybridized carbons (Fsp3) is 0. The summed E-state index contributed by atoms with van der Waals surface area (Å²) in [5, 5.41) is 7.97. The summed E-state index contributed by atoms with van der Waals surface area (Å²) in [6, 6.07) is 54.4. The number of thiophene rings is 1. The predicted octanol–water partition coefficient (Wildman–Crippen LogP) is 12.5. The summed E-state index contributed by atoms with van der Waals surface area (Å²) >= 11 is 1.83. The van der Waals surface area contributed by atoms with E-state index in [9.17, 15) is 0 Å². The highest BCUT2D eigenvalue weighted by Crippen LogP contribution is 2.43. The van der Waals surface area contributed by atoms with Gasteiger partial charge in [-0.1, -0.05) is 127 Å². The molecule has 0 saturated heterocycles. The van der Waals surface area contributed by atoms with E-state index in [4.69, 9.17) is 24.4 Å². The van der Waals surface area contributed by atoms with Crippen LogP contribution in [-0.4, -0.2) is 19.9 Å². The lowest BCUT2D eigenvalue weighted by Crippen LogP contribution is -2.00. The predicted molar refractivity (Wildman–Crippen MR) is 215 cm³/mol. The number of pyridine rings is 1. The molecule has 0 amide bonds. The molecule has 0 bridgehead atoms. The van der Waals surface area contributed by atoms with E-state index in [0.717, 1.165) is 66.2 Å². The van der Waals surface area contributed by atoms with Crippen molar-refractivity contribution in [2.45, 2.75) is 0 Å². The van der Waals surface area contributed by atoms with Crippen LogP contribution in [0.25, 0.3) is 109 Å². The Labute approximate surface area is 301 Å². The Morgan fingerprint density at radius 1 is 0.442 bits per heavy atom. The van der Waals surface area contributed by atoms with Gasteiger partial charge in [0.05, 0.1) is 16.8 Å². The third-order valence-corrected chi connectivity index (χ3v) is 11.1. The second kappa shape index (κ2) is 11.4. The molecule has 0 atom stereocenters. The van der Waals surface area contributed by atoms with E-state index in [1.165, 1.54) is 25.6 Å². The van der Waals surface area contributed by atoms with Gasteiger partial charge in [-0.3, -0.25) is 0 Å². The molecule has 0 unspecified atom stereocenters. The summed E-state index contributed by atoms with van der Waals surface area (Å²) in [4.78, 5) is 20.5. The van der Waals surface area contributed by atoms with Crippen molar-refractivity contribution in [3.8, 4) is 45.4 Å². The number of benzene rings is 7. The molecule has 6 heteroatoms. The lowest BCUT2D eigenvalue weighted by Gasteiger charge is -2.11. The standard InChI is InChI=1S/C46H26N4OS/c1-2-11-30-26-31(25-20-27(30)10-1)45-48-44(49-46(50-45)36-16-9-15-33-32-12-4-7-18-38(32)51-42(33)36)29-23-21-28(22-24-29)41-40-35-14-5-8-19-39(35)52-43(40)34-13-3-6-17-37(34)47-41/h1-26H. The zero-order valence-electron chi connectivity index (χ0n) is 27.6. The van der Waals surface area contributed by atoms with Crippen molar-refractivity contribution in [1.82, 2.24) is 19.9 Å². The molecule has 4 aromatic heterocycles. The molecule has 0 N–H and O–H groups in total. The molecule has 11 rings (SSSR count). The lowest BCUT2D eigenvalue weighted by atomic mass is 10.0. The molecular weight excluding hydrogens is 657 g/mol. The number of hydrogen-bond acceptors (Lipinski definition) is 6. The van der Waals surface area contributed by atoms with E-state index in [1.807, 2.05) is 41.7 Å². The van der Waals surface area contributed by atoms with Crippen molar-refractivity contribution < 1.29 is 4.42 Å². The fourth-order valence-corrected chi connectivity index (χ4v) is 8.64. The first-order valence-corrected chi connectivity index (χ1v) is 18.0. The normalized spacial score (nSPS) is 11.8. The van der Waals surface area contributed by atoms with E-state index < -0.39 is 0 Å². The Morgan fingerprint density at radius 3 is 1.98 bits per heavy atom. The summed E-state index contributed by atoms with van der Waals surface area (Å²) in [6.07, 6.45) is 0. The Kier molecular flexibility index (Phi) is 6.35. The van der Waals surface area contributed by atoms with Gasteiger partial charge in [0.15, 0.2) is 17.5 Å². The maximum atomic E-state index is 6.43. The van der Waals surface area contributed by atoms with Crippen molar-refractivity contribution in [3.05, 3.63) is 158 Å². The van der Waals surface area contributed by atoms with Crippen LogP contribution in [0.4, 0.5) is 0 Å². The second-order valence-electron chi connectivity index (χ2n) is 13.0. The number of para-hydroxylation sites is 3. The van der Waals surface area contributed by atoms with Gasteiger partial charge in [-0.25, -0.2) is 19.9 Å². The number of rotatable bonds is 4. The molecule has 52 heavy (non-hydrogen) atoms. The topological polar surface area (TPSA) is 64.7 Å². The van der Waals surface area contributed by atoms with Crippen LogP contribution >= 0.6 is 11.3 Å². The highest BCUT2D eigenvalue weighted by Gasteiger charge is 2.19. The van der Waals surface area contributed by atoms with Crippen LogP contribution in [0.5, 0.6) is 0 Å². The van der Waals surface area contributed by atoms with Crippen molar-refractivity contribution >= 4 is 75.1 Å². The van der Waals surface area contributed by atoms with Crippen LogP contribution in [0.3, 0.4) is 0 Å². The molecule has 5 nitrogen and oxygen atoms in total. The average molecular weight is 683 g/mol. The lowest BCUT2D eigenvalue weighted by molar-refractivity contribution is 0.669.